The van der Waals surface area contributed by atoms with Gasteiger partial charge in [-0.2, -0.15) is 0 Å². The average Bonchev–Trinajstić information content (AvgIpc) is 2.46. The largest absolute Gasteiger partial charge is 0.446 e. The van der Waals surface area contributed by atoms with Crippen LogP contribution in [0.5, 0.6) is 0 Å². The Bertz CT molecular complexity index is 432. The van der Waals surface area contributed by atoms with E-state index < -0.39 is 0 Å². The predicted octanol–water partition coefficient (Wildman–Crippen LogP) is 4.06. The number of nitrogens with zero attached hydrogens (tertiary/aromatic N) is 1. The molecule has 2 atom stereocenters. The number of pyridine rings is 1. The first-order valence-corrected chi connectivity index (χ1v) is 8.24. The second-order valence-electron chi connectivity index (χ2n) is 6.67. The molecule has 1 aromatic heterocycles. The summed E-state index contributed by atoms with van der Waals surface area (Å²) >= 11 is 0. The Balaban J connectivity index is 2.42. The maximum atomic E-state index is 12.0. The van der Waals surface area contributed by atoms with Crippen molar-refractivity contribution in [2.24, 2.45) is 17.8 Å². The lowest BCUT2D eigenvalue weighted by atomic mass is 9.87. The van der Waals surface area contributed by atoms with Gasteiger partial charge in [-0.15, -0.1) is 0 Å². The van der Waals surface area contributed by atoms with Gasteiger partial charge in [-0.3, -0.25) is 4.98 Å². The lowest BCUT2D eigenvalue weighted by Crippen LogP contribution is -2.35. The van der Waals surface area contributed by atoms with E-state index in [0.29, 0.717) is 30.7 Å². The molecule has 0 aromatic carbocycles. The van der Waals surface area contributed by atoms with Gasteiger partial charge in [0, 0.05) is 24.9 Å². The Kier molecular flexibility index (Phi) is 7.92. The molecular weight excluding hydrogens is 276 g/mol. The number of ether oxygens (including phenoxy) is 1. The normalized spacial score (nSPS) is 14.0. The molecule has 1 N–H and O–H groups in total. The van der Waals surface area contributed by atoms with E-state index in [4.69, 9.17) is 4.74 Å². The maximum Gasteiger partial charge on any atom is 0.407 e. The quantitative estimate of drug-likeness (QED) is 0.788. The number of carbonyl (C=O) groups is 1. The topological polar surface area (TPSA) is 51.2 Å². The lowest BCUT2D eigenvalue weighted by molar-refractivity contribution is 0.0393. The van der Waals surface area contributed by atoms with E-state index in [9.17, 15) is 4.79 Å². The molecule has 0 radical (unpaired) electrons. The van der Waals surface area contributed by atoms with Gasteiger partial charge in [0.2, 0.25) is 0 Å². The van der Waals surface area contributed by atoms with Crippen molar-refractivity contribution in [1.29, 1.82) is 0 Å². The Labute approximate surface area is 134 Å². The first kappa shape index (κ1) is 18.5. The summed E-state index contributed by atoms with van der Waals surface area (Å²) in [5.74, 6) is 1.35. The van der Waals surface area contributed by atoms with E-state index in [2.05, 4.69) is 44.9 Å². The fourth-order valence-electron chi connectivity index (χ4n) is 2.28. The van der Waals surface area contributed by atoms with Gasteiger partial charge in [0.15, 0.2) is 0 Å². The number of carbonyl (C=O) groups excluding carboxylic acids is 1. The molecule has 1 amide bonds. The first-order chi connectivity index (χ1) is 10.4. The third kappa shape index (κ3) is 6.92. The van der Waals surface area contributed by atoms with E-state index in [1.165, 1.54) is 0 Å². The molecule has 0 aliphatic carbocycles. The van der Waals surface area contributed by atoms with Gasteiger partial charge in [0.1, 0.15) is 6.10 Å². The summed E-state index contributed by atoms with van der Waals surface area (Å²) in [7, 11) is 0. The zero-order chi connectivity index (χ0) is 16.5. The number of aromatic nitrogens is 1. The number of rotatable bonds is 8. The zero-order valence-electron chi connectivity index (χ0n) is 14.5. The van der Waals surface area contributed by atoms with Crippen LogP contribution < -0.4 is 5.32 Å². The molecule has 4 nitrogen and oxygen atoms in total. The molecule has 0 fully saturated rings. The highest BCUT2D eigenvalue weighted by Crippen LogP contribution is 2.23. The van der Waals surface area contributed by atoms with Crippen molar-refractivity contribution < 1.29 is 9.53 Å². The molecule has 1 aromatic rings. The predicted molar refractivity (Wildman–Crippen MR) is 89.7 cm³/mol. The van der Waals surface area contributed by atoms with E-state index in [0.717, 1.165) is 12.1 Å². The highest BCUT2D eigenvalue weighted by atomic mass is 16.6. The van der Waals surface area contributed by atoms with Crippen LogP contribution in [0, 0.1) is 17.8 Å². The Hall–Kier alpha value is -1.58. The minimum atomic E-state index is -0.325. The second kappa shape index (κ2) is 9.44. The summed E-state index contributed by atoms with van der Waals surface area (Å²) in [5, 5.41) is 2.83. The minimum absolute atomic E-state index is 0.0325. The number of hydrogen-bond donors (Lipinski definition) is 1. The van der Waals surface area contributed by atoms with Crippen molar-refractivity contribution in [3.05, 3.63) is 30.1 Å². The van der Waals surface area contributed by atoms with Gasteiger partial charge >= 0.3 is 6.09 Å². The van der Waals surface area contributed by atoms with E-state index in [1.807, 2.05) is 18.2 Å². The van der Waals surface area contributed by atoms with Gasteiger partial charge in [0.05, 0.1) is 0 Å². The van der Waals surface area contributed by atoms with Crippen molar-refractivity contribution in [2.45, 2.75) is 53.6 Å². The van der Waals surface area contributed by atoms with Gasteiger partial charge < -0.3 is 10.1 Å². The first-order valence-electron chi connectivity index (χ1n) is 8.24. The fraction of sp³-hybridized carbons (Fsp3) is 0.667. The Morgan fingerprint density at radius 3 is 2.50 bits per heavy atom. The van der Waals surface area contributed by atoms with Crippen molar-refractivity contribution >= 4 is 6.09 Å². The number of amides is 1. The highest BCUT2D eigenvalue weighted by molar-refractivity contribution is 5.67. The number of hydrogen-bond acceptors (Lipinski definition) is 3. The van der Waals surface area contributed by atoms with Gasteiger partial charge in [-0.1, -0.05) is 40.7 Å². The summed E-state index contributed by atoms with van der Waals surface area (Å²) in [6, 6.07) is 5.79. The molecule has 0 aliphatic heterocycles. The van der Waals surface area contributed by atoms with Crippen LogP contribution in [-0.2, 0) is 11.2 Å². The molecule has 124 valence electrons. The molecule has 0 saturated heterocycles. The SMILES string of the molecule is CC(C)CC(OC(=O)NCCc1ccccn1)C(C)C(C)C. The highest BCUT2D eigenvalue weighted by Gasteiger charge is 2.24. The molecule has 2 unspecified atom stereocenters. The second-order valence-corrected chi connectivity index (χ2v) is 6.67. The van der Waals surface area contributed by atoms with Crippen LogP contribution >= 0.6 is 0 Å². The molecule has 0 bridgehead atoms. The van der Waals surface area contributed by atoms with Crippen LogP contribution in [0.3, 0.4) is 0 Å². The number of nitrogens with one attached hydrogen (secondary N) is 1. The molecule has 1 rings (SSSR count). The third-order valence-corrected chi connectivity index (χ3v) is 3.98. The molecule has 0 spiro atoms. The summed E-state index contributed by atoms with van der Waals surface area (Å²) in [6.07, 6.45) is 3.01. The van der Waals surface area contributed by atoms with Crippen LogP contribution in [0.1, 0.15) is 46.7 Å². The van der Waals surface area contributed by atoms with Crippen LogP contribution in [0.25, 0.3) is 0 Å². The van der Waals surface area contributed by atoms with Crippen molar-refractivity contribution in [2.75, 3.05) is 6.54 Å². The molecule has 22 heavy (non-hydrogen) atoms. The summed E-state index contributed by atoms with van der Waals surface area (Å²) in [4.78, 5) is 16.2. The lowest BCUT2D eigenvalue weighted by Gasteiger charge is -2.28. The van der Waals surface area contributed by atoms with Crippen LogP contribution in [0.15, 0.2) is 24.4 Å². The molecule has 1 heterocycles. The molecular formula is C18H30N2O2. The molecule has 0 aliphatic rings. The van der Waals surface area contributed by atoms with Crippen molar-refractivity contribution in [1.82, 2.24) is 10.3 Å². The standard InChI is InChI=1S/C18H30N2O2/c1-13(2)12-17(15(5)14(3)4)22-18(21)20-11-9-16-8-6-7-10-19-16/h6-8,10,13-15,17H,9,11-12H2,1-5H3,(H,20,21). The Morgan fingerprint density at radius 2 is 1.95 bits per heavy atom. The van der Waals surface area contributed by atoms with E-state index in [1.54, 1.807) is 6.20 Å². The summed E-state index contributed by atoms with van der Waals surface area (Å²) in [6.45, 7) is 11.3. The van der Waals surface area contributed by atoms with Crippen molar-refractivity contribution in [3.63, 3.8) is 0 Å². The fourth-order valence-corrected chi connectivity index (χ4v) is 2.28. The van der Waals surface area contributed by atoms with Gasteiger partial charge in [-0.25, -0.2) is 4.79 Å². The van der Waals surface area contributed by atoms with Gasteiger partial charge in [0.25, 0.3) is 0 Å². The summed E-state index contributed by atoms with van der Waals surface area (Å²) < 4.78 is 5.65. The zero-order valence-corrected chi connectivity index (χ0v) is 14.5. The van der Waals surface area contributed by atoms with E-state index >= 15 is 0 Å². The third-order valence-electron chi connectivity index (χ3n) is 3.98. The van der Waals surface area contributed by atoms with Crippen molar-refractivity contribution in [3.8, 4) is 0 Å². The molecule has 0 saturated carbocycles. The number of alkyl carbamates (subject to hydrolysis) is 1. The monoisotopic (exact) mass is 306 g/mol. The maximum absolute atomic E-state index is 12.0. The van der Waals surface area contributed by atoms with E-state index in [-0.39, 0.29) is 12.2 Å². The summed E-state index contributed by atoms with van der Waals surface area (Å²) in [5.41, 5.74) is 0.970. The average molecular weight is 306 g/mol. The Morgan fingerprint density at radius 1 is 1.23 bits per heavy atom. The van der Waals surface area contributed by atoms with Crippen LogP contribution in [-0.4, -0.2) is 23.7 Å². The molecule has 4 heteroatoms. The van der Waals surface area contributed by atoms with Gasteiger partial charge in [-0.05, 0) is 36.3 Å². The minimum Gasteiger partial charge on any atom is -0.446 e. The van der Waals surface area contributed by atoms with Crippen LogP contribution in [0.4, 0.5) is 4.79 Å². The smallest absolute Gasteiger partial charge is 0.407 e. The van der Waals surface area contributed by atoms with Crippen LogP contribution in [0.2, 0.25) is 0 Å².